The maximum absolute atomic E-state index is 11.5. The van der Waals surface area contributed by atoms with Gasteiger partial charge in [-0.3, -0.25) is 0 Å². The summed E-state index contributed by atoms with van der Waals surface area (Å²) in [6, 6.07) is 8.85. The minimum atomic E-state index is -0.503. The maximum atomic E-state index is 11.5. The van der Waals surface area contributed by atoms with Crippen LogP contribution in [0.1, 0.15) is 31.9 Å². The number of nitrogen functional groups attached to an aromatic ring is 2. The number of anilines is 2. The van der Waals surface area contributed by atoms with Gasteiger partial charge in [-0.15, -0.1) is 0 Å². The van der Waals surface area contributed by atoms with Crippen LogP contribution in [0.2, 0.25) is 10.0 Å². The van der Waals surface area contributed by atoms with Gasteiger partial charge in [-0.2, -0.15) is 5.26 Å². The lowest BCUT2D eigenvalue weighted by molar-refractivity contribution is 0.0523. The molecule has 29 heavy (non-hydrogen) atoms. The number of ether oxygens (including phenoxy) is 1. The molecule has 0 saturated carbocycles. The Hall–Kier alpha value is -1.16. The number of carbonyl (C=O) groups excluding carboxylic acids is 1. The molecule has 0 aliphatic carbocycles. The van der Waals surface area contributed by atoms with Crippen molar-refractivity contribution in [3.63, 3.8) is 0 Å². The number of nitriles is 1. The Kier molecular flexibility index (Phi) is 10.1. The van der Waals surface area contributed by atoms with E-state index in [2.05, 4.69) is 27.9 Å². The lowest BCUT2D eigenvalue weighted by Crippen LogP contribution is -2.32. The first-order valence-corrected chi connectivity index (χ1v) is 11.1. The molecule has 0 atom stereocenters. The molecule has 0 aliphatic heterocycles. The Labute approximate surface area is 207 Å². The number of amides is 1. The van der Waals surface area contributed by atoms with Crippen molar-refractivity contribution in [1.82, 2.24) is 5.32 Å². The van der Waals surface area contributed by atoms with Gasteiger partial charge in [-0.1, -0.05) is 23.2 Å². The van der Waals surface area contributed by atoms with Crippen LogP contribution in [-0.4, -0.2) is 11.7 Å². The lowest BCUT2D eigenvalue weighted by Gasteiger charge is -2.19. The van der Waals surface area contributed by atoms with Gasteiger partial charge in [0.2, 0.25) is 0 Å². The van der Waals surface area contributed by atoms with E-state index in [4.69, 9.17) is 44.7 Å². The first kappa shape index (κ1) is 25.9. The minimum Gasteiger partial charge on any atom is -0.444 e. The fraction of sp³-hybridized carbons (Fsp3) is 0.263. The lowest BCUT2D eigenvalue weighted by atomic mass is 10.2. The number of hydrogen-bond acceptors (Lipinski definition) is 5. The van der Waals surface area contributed by atoms with E-state index < -0.39 is 11.7 Å². The topological polar surface area (TPSA) is 114 Å². The van der Waals surface area contributed by atoms with E-state index in [1.54, 1.807) is 18.2 Å². The average molecular weight is 661 g/mol. The van der Waals surface area contributed by atoms with Crippen LogP contribution in [-0.2, 0) is 11.3 Å². The van der Waals surface area contributed by atoms with Crippen LogP contribution in [0.5, 0.6) is 0 Å². The van der Waals surface area contributed by atoms with Crippen LogP contribution in [0.25, 0.3) is 0 Å². The molecule has 0 saturated heterocycles. The van der Waals surface area contributed by atoms with Crippen molar-refractivity contribution in [3.8, 4) is 6.07 Å². The quantitative estimate of drug-likeness (QED) is 0.272. The molecule has 0 spiro atoms. The molecule has 0 radical (unpaired) electrons. The molecular weight excluding hydrogens is 641 g/mol. The van der Waals surface area contributed by atoms with Crippen molar-refractivity contribution < 1.29 is 9.53 Å². The molecule has 0 unspecified atom stereocenters. The zero-order valence-corrected chi connectivity index (χ0v) is 21.8. The normalized spacial score (nSPS) is 10.4. The van der Waals surface area contributed by atoms with Gasteiger partial charge in [0.05, 0.1) is 33.1 Å². The third kappa shape index (κ3) is 9.02. The Morgan fingerprint density at radius 3 is 2.07 bits per heavy atom. The second-order valence-corrected chi connectivity index (χ2v) is 9.93. The van der Waals surface area contributed by atoms with Gasteiger partial charge in [0.1, 0.15) is 5.60 Å². The number of benzene rings is 2. The predicted octanol–water partition coefficient (Wildman–Crippen LogP) is 5.95. The fourth-order valence-corrected chi connectivity index (χ4v) is 3.97. The first-order valence-electron chi connectivity index (χ1n) is 8.19. The van der Waals surface area contributed by atoms with Crippen molar-refractivity contribution in [1.29, 1.82) is 5.26 Å². The molecule has 1 amide bonds. The summed E-state index contributed by atoms with van der Waals surface area (Å²) in [7, 11) is 0. The van der Waals surface area contributed by atoms with E-state index in [1.165, 1.54) is 0 Å². The zero-order chi connectivity index (χ0) is 22.4. The van der Waals surface area contributed by atoms with Crippen LogP contribution < -0.4 is 16.8 Å². The van der Waals surface area contributed by atoms with Crippen LogP contribution in [0.15, 0.2) is 24.3 Å². The molecule has 10 heteroatoms. The van der Waals surface area contributed by atoms with Crippen molar-refractivity contribution in [2.45, 2.75) is 32.9 Å². The summed E-state index contributed by atoms with van der Waals surface area (Å²) < 4.78 is 6.81. The fourth-order valence-electron chi connectivity index (χ4n) is 1.88. The maximum Gasteiger partial charge on any atom is 0.407 e. The highest BCUT2D eigenvalue weighted by molar-refractivity contribution is 14.1. The van der Waals surface area contributed by atoms with Gasteiger partial charge < -0.3 is 21.5 Å². The van der Waals surface area contributed by atoms with Gasteiger partial charge in [0.25, 0.3) is 0 Å². The van der Waals surface area contributed by atoms with Gasteiger partial charge in [0.15, 0.2) is 0 Å². The summed E-state index contributed by atoms with van der Waals surface area (Å²) >= 11 is 15.8. The van der Waals surface area contributed by atoms with Crippen LogP contribution >= 0.6 is 68.4 Å². The largest absolute Gasteiger partial charge is 0.444 e. The highest BCUT2D eigenvalue weighted by Gasteiger charge is 2.16. The highest BCUT2D eigenvalue weighted by atomic mass is 127. The number of halogens is 4. The second-order valence-electron chi connectivity index (χ2n) is 6.79. The predicted molar refractivity (Wildman–Crippen MR) is 135 cm³/mol. The van der Waals surface area contributed by atoms with E-state index in [0.717, 1.165) is 12.7 Å². The summed E-state index contributed by atoms with van der Waals surface area (Å²) in [4.78, 5) is 11.5. The van der Waals surface area contributed by atoms with E-state index in [0.29, 0.717) is 33.5 Å². The van der Waals surface area contributed by atoms with Gasteiger partial charge in [0, 0.05) is 13.7 Å². The number of hydrogen-bond donors (Lipinski definition) is 3. The summed E-state index contributed by atoms with van der Waals surface area (Å²) in [5.41, 5.74) is 13.3. The van der Waals surface area contributed by atoms with Crippen LogP contribution in [0.3, 0.4) is 0 Å². The smallest absolute Gasteiger partial charge is 0.407 e. The Balaban J connectivity index is 0.000000326. The zero-order valence-electron chi connectivity index (χ0n) is 15.9. The Morgan fingerprint density at radius 2 is 1.62 bits per heavy atom. The van der Waals surface area contributed by atoms with Gasteiger partial charge in [-0.05, 0) is 95.8 Å². The molecule has 2 aromatic carbocycles. The number of alkyl carbamates (subject to hydrolysis) is 1. The van der Waals surface area contributed by atoms with Gasteiger partial charge in [-0.25, -0.2) is 4.79 Å². The number of nitrogens with zero attached hydrogens (tertiary/aromatic N) is 1. The SMILES string of the molecule is CC(C)(C)OC(=O)NCc1cc(Cl)c(N)c(I)c1.N#Cc1cc(Cl)c(N)c(I)c1. The van der Waals surface area contributed by atoms with Crippen molar-refractivity contribution in [3.05, 3.63) is 52.6 Å². The monoisotopic (exact) mass is 660 g/mol. The molecule has 0 bridgehead atoms. The molecule has 0 aliphatic rings. The minimum absolute atomic E-state index is 0.352. The third-order valence-corrected chi connectivity index (χ3v) is 5.59. The summed E-state index contributed by atoms with van der Waals surface area (Å²) in [6.07, 6.45) is -0.453. The molecule has 0 aromatic heterocycles. The third-order valence-electron chi connectivity index (χ3n) is 3.18. The average Bonchev–Trinajstić information content (AvgIpc) is 2.61. The molecule has 0 fully saturated rings. The molecule has 156 valence electrons. The molecule has 2 aromatic rings. The summed E-state index contributed by atoms with van der Waals surface area (Å²) in [6.45, 7) is 5.80. The van der Waals surface area contributed by atoms with E-state index in [-0.39, 0.29) is 0 Å². The highest BCUT2D eigenvalue weighted by Crippen LogP contribution is 2.26. The van der Waals surface area contributed by atoms with E-state index in [9.17, 15) is 4.79 Å². The van der Waals surface area contributed by atoms with E-state index >= 15 is 0 Å². The number of nitrogens with one attached hydrogen (secondary N) is 1. The van der Waals surface area contributed by atoms with Crippen molar-refractivity contribution in [2.24, 2.45) is 0 Å². The molecule has 2 rings (SSSR count). The Bertz CT molecular complexity index is 895. The van der Waals surface area contributed by atoms with Crippen molar-refractivity contribution in [2.75, 3.05) is 11.5 Å². The molecule has 0 heterocycles. The van der Waals surface area contributed by atoms with Crippen molar-refractivity contribution >= 4 is 85.9 Å². The van der Waals surface area contributed by atoms with Gasteiger partial charge >= 0.3 is 6.09 Å². The van der Waals surface area contributed by atoms with Crippen LogP contribution in [0.4, 0.5) is 16.2 Å². The van der Waals surface area contributed by atoms with E-state index in [1.807, 2.05) is 55.5 Å². The summed E-state index contributed by atoms with van der Waals surface area (Å²) in [5, 5.41) is 12.1. The Morgan fingerprint density at radius 1 is 1.10 bits per heavy atom. The molecule has 5 N–H and O–H groups in total. The summed E-state index contributed by atoms with van der Waals surface area (Å²) in [5.74, 6) is 0. The molecule has 6 nitrogen and oxygen atoms in total. The number of nitrogens with two attached hydrogens (primary N) is 2. The number of carbonyl (C=O) groups is 1. The standard InChI is InChI=1S/C12H16ClIN2O2.C7H4ClIN2/c1-12(2,3)18-11(17)16-6-7-4-8(13)10(15)9(14)5-7;8-5-1-4(3-10)2-6(9)7(5)11/h4-5H,6,15H2,1-3H3,(H,16,17);1-2H,11H2. The number of rotatable bonds is 2. The van der Waals surface area contributed by atoms with Crippen LogP contribution in [0, 0.1) is 18.5 Å². The first-order chi connectivity index (χ1) is 13.3. The molecular formula is C19H20Cl2I2N4O2. The second kappa shape index (κ2) is 11.3.